The van der Waals surface area contributed by atoms with Crippen molar-refractivity contribution in [1.82, 2.24) is 4.72 Å². The first-order valence-corrected chi connectivity index (χ1v) is 8.59. The second kappa shape index (κ2) is 6.80. The summed E-state index contributed by atoms with van der Waals surface area (Å²) in [7, 11) is -3.64. The Hall–Kier alpha value is -1.23. The first-order valence-electron chi connectivity index (χ1n) is 5.71. The molecule has 1 aromatic carbocycles. The second-order valence-electron chi connectivity index (χ2n) is 4.17. The zero-order valence-electron chi connectivity index (χ0n) is 10.9. The summed E-state index contributed by atoms with van der Waals surface area (Å²) in [5, 5.41) is 8.73. The van der Waals surface area contributed by atoms with Crippen LogP contribution >= 0.6 is 11.8 Å². The number of anilines is 1. The van der Waals surface area contributed by atoms with E-state index in [1.165, 1.54) is 18.2 Å². The molecule has 0 fully saturated rings. The molecular weight excluding hydrogens is 282 g/mol. The number of nitrogens with two attached hydrogens (primary N) is 1. The van der Waals surface area contributed by atoms with Gasteiger partial charge in [-0.15, -0.1) is 0 Å². The van der Waals surface area contributed by atoms with Crippen LogP contribution in [-0.2, 0) is 10.0 Å². The molecule has 0 heterocycles. The summed E-state index contributed by atoms with van der Waals surface area (Å²) in [5.74, 6) is 0.881. The minimum absolute atomic E-state index is 0.0162. The van der Waals surface area contributed by atoms with Crippen LogP contribution < -0.4 is 10.5 Å². The molecule has 104 valence electrons. The largest absolute Gasteiger partial charge is 0.398 e. The van der Waals surface area contributed by atoms with E-state index in [1.807, 2.05) is 19.2 Å². The molecule has 0 amide bonds. The predicted molar refractivity (Wildman–Crippen MR) is 78.4 cm³/mol. The van der Waals surface area contributed by atoms with Crippen LogP contribution in [-0.4, -0.2) is 26.5 Å². The fourth-order valence-corrected chi connectivity index (χ4v) is 3.52. The highest BCUT2D eigenvalue weighted by Gasteiger charge is 2.20. The van der Waals surface area contributed by atoms with Gasteiger partial charge < -0.3 is 5.73 Å². The van der Waals surface area contributed by atoms with Crippen molar-refractivity contribution in [1.29, 1.82) is 5.26 Å². The number of thioether (sulfide) groups is 1. The Morgan fingerprint density at radius 2 is 2.21 bits per heavy atom. The Morgan fingerprint density at radius 1 is 1.53 bits per heavy atom. The summed E-state index contributed by atoms with van der Waals surface area (Å²) in [6.07, 6.45) is 2.72. The van der Waals surface area contributed by atoms with E-state index in [9.17, 15) is 8.42 Å². The number of nitrogens with one attached hydrogen (secondary N) is 1. The minimum atomic E-state index is -3.64. The standard InChI is InChI=1S/C12H17N3O2S2/c1-9(5-6-18-2)15-19(16,17)12-4-3-10(8-13)7-11(12)14/h3-4,7,9,15H,5-6,14H2,1-2H3. The van der Waals surface area contributed by atoms with E-state index in [4.69, 9.17) is 11.0 Å². The number of sulfonamides is 1. The van der Waals surface area contributed by atoms with Crippen LogP contribution in [0.5, 0.6) is 0 Å². The number of nitrogens with zero attached hydrogens (tertiary/aromatic N) is 1. The Balaban J connectivity index is 2.92. The van der Waals surface area contributed by atoms with E-state index >= 15 is 0 Å². The Bertz CT molecular complexity index is 579. The highest BCUT2D eigenvalue weighted by molar-refractivity contribution is 7.98. The number of hydrogen-bond acceptors (Lipinski definition) is 5. The number of hydrogen-bond donors (Lipinski definition) is 2. The fraction of sp³-hybridized carbons (Fsp3) is 0.417. The third-order valence-corrected chi connectivity index (χ3v) is 4.85. The predicted octanol–water partition coefficient (Wildman–Crippen LogP) is 1.56. The summed E-state index contributed by atoms with van der Waals surface area (Å²) in [6.45, 7) is 1.81. The maximum Gasteiger partial charge on any atom is 0.242 e. The van der Waals surface area contributed by atoms with Crippen molar-refractivity contribution in [3.8, 4) is 6.07 Å². The molecule has 3 N–H and O–H groups in total. The van der Waals surface area contributed by atoms with E-state index in [0.717, 1.165) is 12.2 Å². The van der Waals surface area contributed by atoms with Gasteiger partial charge in [0.25, 0.3) is 0 Å². The molecular formula is C12H17N3O2S2. The topological polar surface area (TPSA) is 96.0 Å². The Morgan fingerprint density at radius 3 is 2.74 bits per heavy atom. The normalized spacial score (nSPS) is 12.9. The van der Waals surface area contributed by atoms with Gasteiger partial charge in [-0.3, -0.25) is 0 Å². The van der Waals surface area contributed by atoms with Crippen molar-refractivity contribution in [2.45, 2.75) is 24.3 Å². The molecule has 0 aliphatic carbocycles. The van der Waals surface area contributed by atoms with Gasteiger partial charge in [-0.2, -0.15) is 17.0 Å². The van der Waals surface area contributed by atoms with Gasteiger partial charge in [0, 0.05) is 6.04 Å². The van der Waals surface area contributed by atoms with Gasteiger partial charge in [-0.05, 0) is 43.6 Å². The van der Waals surface area contributed by atoms with Crippen LogP contribution in [0, 0.1) is 11.3 Å². The number of nitriles is 1. The second-order valence-corrected chi connectivity index (χ2v) is 6.84. The lowest BCUT2D eigenvalue weighted by atomic mass is 10.2. The molecule has 0 bridgehead atoms. The third-order valence-electron chi connectivity index (χ3n) is 2.54. The SMILES string of the molecule is CSCCC(C)NS(=O)(=O)c1ccc(C#N)cc1N. The molecule has 0 aliphatic rings. The molecule has 1 atom stereocenters. The van der Waals surface area contributed by atoms with Crippen LogP contribution in [0.25, 0.3) is 0 Å². The van der Waals surface area contributed by atoms with E-state index in [1.54, 1.807) is 11.8 Å². The van der Waals surface area contributed by atoms with Crippen molar-refractivity contribution in [3.05, 3.63) is 23.8 Å². The van der Waals surface area contributed by atoms with Gasteiger partial charge in [-0.25, -0.2) is 13.1 Å². The van der Waals surface area contributed by atoms with Gasteiger partial charge >= 0.3 is 0 Å². The van der Waals surface area contributed by atoms with Crippen molar-refractivity contribution in [3.63, 3.8) is 0 Å². The van der Waals surface area contributed by atoms with Crippen LogP contribution in [0.4, 0.5) is 5.69 Å². The van der Waals surface area contributed by atoms with Crippen LogP contribution in [0.2, 0.25) is 0 Å². The summed E-state index contributed by atoms with van der Waals surface area (Å²) >= 11 is 1.66. The minimum Gasteiger partial charge on any atom is -0.398 e. The molecule has 1 aromatic rings. The molecule has 0 spiro atoms. The highest BCUT2D eigenvalue weighted by Crippen LogP contribution is 2.20. The quantitative estimate of drug-likeness (QED) is 0.777. The fourth-order valence-electron chi connectivity index (χ4n) is 1.54. The molecule has 7 heteroatoms. The summed E-state index contributed by atoms with van der Waals surface area (Å²) < 4.78 is 26.9. The highest BCUT2D eigenvalue weighted by atomic mass is 32.2. The van der Waals surface area contributed by atoms with Crippen molar-refractivity contribution >= 4 is 27.5 Å². The average molecular weight is 299 g/mol. The van der Waals surface area contributed by atoms with Gasteiger partial charge in [0.2, 0.25) is 10.0 Å². The summed E-state index contributed by atoms with van der Waals surface area (Å²) in [4.78, 5) is 0.0162. The molecule has 1 rings (SSSR count). The molecule has 19 heavy (non-hydrogen) atoms. The molecule has 0 aliphatic heterocycles. The van der Waals surface area contributed by atoms with E-state index in [-0.39, 0.29) is 16.6 Å². The van der Waals surface area contributed by atoms with Gasteiger partial charge in [-0.1, -0.05) is 0 Å². The molecule has 0 radical (unpaired) electrons. The van der Waals surface area contributed by atoms with E-state index < -0.39 is 10.0 Å². The van der Waals surface area contributed by atoms with Crippen LogP contribution in [0.1, 0.15) is 18.9 Å². The smallest absolute Gasteiger partial charge is 0.242 e. The zero-order valence-corrected chi connectivity index (χ0v) is 12.5. The number of benzene rings is 1. The number of rotatable bonds is 6. The van der Waals surface area contributed by atoms with Crippen molar-refractivity contribution < 1.29 is 8.42 Å². The van der Waals surface area contributed by atoms with Crippen molar-refractivity contribution in [2.75, 3.05) is 17.7 Å². The zero-order chi connectivity index (χ0) is 14.5. The van der Waals surface area contributed by atoms with Gasteiger partial charge in [0.1, 0.15) is 4.90 Å². The summed E-state index contributed by atoms with van der Waals surface area (Å²) in [5.41, 5.74) is 6.11. The maximum absolute atomic E-state index is 12.1. The van der Waals surface area contributed by atoms with Gasteiger partial charge in [0.05, 0.1) is 17.3 Å². The molecule has 0 aromatic heterocycles. The Kier molecular flexibility index (Phi) is 5.66. The lowest BCUT2D eigenvalue weighted by Gasteiger charge is -2.14. The average Bonchev–Trinajstić information content (AvgIpc) is 2.35. The summed E-state index contributed by atoms with van der Waals surface area (Å²) in [6, 6.07) is 5.92. The van der Waals surface area contributed by atoms with Crippen LogP contribution in [0.3, 0.4) is 0 Å². The molecule has 1 unspecified atom stereocenters. The Labute approximate surface area is 118 Å². The van der Waals surface area contributed by atoms with E-state index in [2.05, 4.69) is 4.72 Å². The van der Waals surface area contributed by atoms with E-state index in [0.29, 0.717) is 5.56 Å². The first-order chi connectivity index (χ1) is 8.90. The lowest BCUT2D eigenvalue weighted by molar-refractivity contribution is 0.557. The van der Waals surface area contributed by atoms with Crippen molar-refractivity contribution in [2.24, 2.45) is 0 Å². The first kappa shape index (κ1) is 15.8. The maximum atomic E-state index is 12.1. The van der Waals surface area contributed by atoms with Crippen LogP contribution in [0.15, 0.2) is 23.1 Å². The molecule has 5 nitrogen and oxygen atoms in total. The molecule has 0 saturated carbocycles. The molecule has 0 saturated heterocycles. The lowest BCUT2D eigenvalue weighted by Crippen LogP contribution is -2.33. The third kappa shape index (κ3) is 4.42. The number of nitrogen functional groups attached to an aromatic ring is 1. The van der Waals surface area contributed by atoms with Gasteiger partial charge in [0.15, 0.2) is 0 Å². The monoisotopic (exact) mass is 299 g/mol.